The number of rotatable bonds is 6. The van der Waals surface area contributed by atoms with Crippen molar-refractivity contribution in [3.05, 3.63) is 87.1 Å². The molecular formula is C24H16BrClF4O6S. The Morgan fingerprint density at radius 3 is 2.35 bits per heavy atom. The van der Waals surface area contributed by atoms with Gasteiger partial charge in [0, 0.05) is 29.3 Å². The summed E-state index contributed by atoms with van der Waals surface area (Å²) in [5.41, 5.74) is -4.19. The van der Waals surface area contributed by atoms with Crippen LogP contribution in [0, 0.1) is 5.82 Å². The van der Waals surface area contributed by atoms with Crippen molar-refractivity contribution >= 4 is 43.3 Å². The summed E-state index contributed by atoms with van der Waals surface area (Å²) >= 11 is 9.04. The second kappa shape index (κ2) is 9.90. The van der Waals surface area contributed by atoms with E-state index in [1.165, 1.54) is 30.3 Å². The maximum absolute atomic E-state index is 14.3. The number of alkyl halides is 3. The van der Waals surface area contributed by atoms with Crippen LogP contribution in [0.4, 0.5) is 17.6 Å². The number of hydrogen-bond acceptors (Lipinski definition) is 6. The van der Waals surface area contributed by atoms with E-state index in [4.69, 9.17) is 25.8 Å². The lowest BCUT2D eigenvalue weighted by atomic mass is 9.92. The van der Waals surface area contributed by atoms with Gasteiger partial charge in [0.1, 0.15) is 23.4 Å². The Morgan fingerprint density at radius 1 is 1.08 bits per heavy atom. The van der Waals surface area contributed by atoms with Gasteiger partial charge in [-0.2, -0.15) is 13.2 Å². The average molecular weight is 624 g/mol. The zero-order chi connectivity index (χ0) is 27.2. The molecule has 3 aromatic rings. The average Bonchev–Trinajstić information content (AvgIpc) is 3.05. The number of ether oxygens (including phenoxy) is 3. The van der Waals surface area contributed by atoms with Gasteiger partial charge in [-0.3, -0.25) is 0 Å². The van der Waals surface area contributed by atoms with Crippen molar-refractivity contribution < 1.29 is 45.0 Å². The molecule has 0 aromatic heterocycles. The van der Waals surface area contributed by atoms with Gasteiger partial charge in [0.05, 0.1) is 15.1 Å². The van der Waals surface area contributed by atoms with E-state index in [0.717, 1.165) is 30.3 Å². The molecule has 0 saturated heterocycles. The molecule has 0 saturated carbocycles. The highest BCUT2D eigenvalue weighted by Gasteiger charge is 2.64. The molecule has 0 amide bonds. The number of benzene rings is 3. The number of esters is 1. The highest BCUT2D eigenvalue weighted by atomic mass is 79.9. The fourth-order valence-electron chi connectivity index (χ4n) is 3.98. The Kier molecular flexibility index (Phi) is 7.32. The smallest absolute Gasteiger partial charge is 0.432 e. The van der Waals surface area contributed by atoms with Gasteiger partial charge < -0.3 is 14.2 Å². The first-order valence-corrected chi connectivity index (χ1v) is 13.2. The predicted octanol–water partition coefficient (Wildman–Crippen LogP) is 6.51. The summed E-state index contributed by atoms with van der Waals surface area (Å²) in [5.74, 6) is -3.40. The van der Waals surface area contributed by atoms with E-state index in [0.29, 0.717) is 7.11 Å². The summed E-state index contributed by atoms with van der Waals surface area (Å²) in [6.45, 7) is 0. The van der Waals surface area contributed by atoms with E-state index in [-0.39, 0.29) is 31.5 Å². The summed E-state index contributed by atoms with van der Waals surface area (Å²) in [6.07, 6.45) is -6.89. The van der Waals surface area contributed by atoms with E-state index < -0.39 is 50.8 Å². The molecule has 0 radical (unpaired) electrons. The van der Waals surface area contributed by atoms with Crippen LogP contribution in [-0.2, 0) is 29.7 Å². The van der Waals surface area contributed by atoms with Crippen LogP contribution in [-0.4, -0.2) is 33.4 Å². The Balaban J connectivity index is 1.76. The first kappa shape index (κ1) is 27.4. The molecule has 3 aromatic carbocycles. The number of halogens is 6. The molecule has 0 bridgehead atoms. The van der Waals surface area contributed by atoms with Crippen LogP contribution in [0.5, 0.6) is 11.5 Å². The molecule has 0 unspecified atom stereocenters. The van der Waals surface area contributed by atoms with Crippen LogP contribution in [0.25, 0.3) is 0 Å². The van der Waals surface area contributed by atoms with Gasteiger partial charge >= 0.3 is 12.1 Å². The van der Waals surface area contributed by atoms with Crippen LogP contribution in [0.15, 0.2) is 70.0 Å². The lowest BCUT2D eigenvalue weighted by Crippen LogP contribution is -2.52. The minimum Gasteiger partial charge on any atom is -0.456 e. The van der Waals surface area contributed by atoms with Crippen molar-refractivity contribution in [1.82, 2.24) is 0 Å². The van der Waals surface area contributed by atoms with Gasteiger partial charge in [-0.25, -0.2) is 17.6 Å². The maximum Gasteiger partial charge on any atom is 0.432 e. The molecule has 196 valence electrons. The first-order valence-electron chi connectivity index (χ1n) is 10.4. The first-order chi connectivity index (χ1) is 17.3. The van der Waals surface area contributed by atoms with Gasteiger partial charge in [-0.1, -0.05) is 41.9 Å². The zero-order valence-corrected chi connectivity index (χ0v) is 21.8. The third kappa shape index (κ3) is 4.95. The van der Waals surface area contributed by atoms with Gasteiger partial charge in [0.25, 0.3) is 5.60 Å². The van der Waals surface area contributed by atoms with Gasteiger partial charge in [-0.05, 0) is 40.2 Å². The second-order valence-corrected chi connectivity index (χ2v) is 11.2. The molecule has 0 spiro atoms. The van der Waals surface area contributed by atoms with E-state index in [1.54, 1.807) is 0 Å². The van der Waals surface area contributed by atoms with Crippen LogP contribution in [0.2, 0.25) is 5.02 Å². The Bertz CT molecular complexity index is 1450. The van der Waals surface area contributed by atoms with Crippen molar-refractivity contribution in [1.29, 1.82) is 0 Å². The number of carbonyl (C=O) groups is 1. The van der Waals surface area contributed by atoms with Crippen LogP contribution < -0.4 is 4.74 Å². The molecule has 6 nitrogen and oxygen atoms in total. The number of methoxy groups -OCH3 is 1. The molecule has 0 N–H and O–H groups in total. The Labute approximate surface area is 222 Å². The van der Waals surface area contributed by atoms with Crippen molar-refractivity contribution in [3.63, 3.8) is 0 Å². The lowest BCUT2D eigenvalue weighted by molar-refractivity contribution is -0.278. The quantitative estimate of drug-likeness (QED) is 0.230. The SMILES string of the molecule is CO[C@](C(=O)O[C@@H]1CS(=O)(=O)c2ccc(Oc3cc(F)cc(Cl)c3)c(Br)c21)(c1ccccc1)C(F)(F)F. The number of sulfone groups is 1. The predicted molar refractivity (Wildman–Crippen MR) is 128 cm³/mol. The second-order valence-electron chi connectivity index (χ2n) is 7.92. The highest BCUT2D eigenvalue weighted by Crippen LogP contribution is 2.48. The normalized spacial score (nSPS) is 18.1. The van der Waals surface area contributed by atoms with Crippen LogP contribution >= 0.6 is 27.5 Å². The lowest BCUT2D eigenvalue weighted by Gasteiger charge is -2.33. The molecule has 1 aliphatic rings. The largest absolute Gasteiger partial charge is 0.456 e. The minimum absolute atomic E-state index is 0.0148. The van der Waals surface area contributed by atoms with Crippen molar-refractivity contribution in [2.45, 2.75) is 22.8 Å². The van der Waals surface area contributed by atoms with Crippen molar-refractivity contribution in [2.24, 2.45) is 0 Å². The topological polar surface area (TPSA) is 78.9 Å². The molecule has 13 heteroatoms. The van der Waals surface area contributed by atoms with Crippen molar-refractivity contribution in [3.8, 4) is 11.5 Å². The maximum atomic E-state index is 14.3. The monoisotopic (exact) mass is 622 g/mol. The molecule has 1 heterocycles. The van der Waals surface area contributed by atoms with E-state index in [1.807, 2.05) is 0 Å². The minimum atomic E-state index is -5.25. The Morgan fingerprint density at radius 2 is 1.76 bits per heavy atom. The number of hydrogen-bond donors (Lipinski definition) is 0. The van der Waals surface area contributed by atoms with E-state index in [2.05, 4.69) is 15.9 Å². The third-order valence-electron chi connectivity index (χ3n) is 5.62. The molecule has 2 atom stereocenters. The molecule has 0 aliphatic carbocycles. The molecule has 1 aliphatic heterocycles. The fourth-order valence-corrected chi connectivity index (χ4v) is 6.67. The summed E-state index contributed by atoms with van der Waals surface area (Å²) in [5, 5.41) is 0.0330. The van der Waals surface area contributed by atoms with Gasteiger partial charge in [0.2, 0.25) is 0 Å². The summed E-state index contributed by atoms with van der Waals surface area (Å²) in [4.78, 5) is 12.9. The van der Waals surface area contributed by atoms with Crippen LogP contribution in [0.3, 0.4) is 0 Å². The summed E-state index contributed by atoms with van der Waals surface area (Å²) in [6, 6.07) is 11.9. The fraction of sp³-hybridized carbons (Fsp3) is 0.208. The van der Waals surface area contributed by atoms with Crippen molar-refractivity contribution in [2.75, 3.05) is 12.9 Å². The standard InChI is InChI=1S/C24H16BrClF4O6S/c1-34-23(24(28,29)30,13-5-3-2-4-6-13)22(31)36-18-12-37(32,33)19-8-7-17(21(25)20(18)19)35-16-10-14(26)9-15(27)11-16/h2-11,18H,12H2,1H3/t18-,23+/m1/s1. The highest BCUT2D eigenvalue weighted by molar-refractivity contribution is 9.10. The number of fused-ring (bicyclic) bond motifs is 1. The summed E-state index contributed by atoms with van der Waals surface area (Å²) in [7, 11) is -3.34. The van der Waals surface area contributed by atoms with Crippen LogP contribution in [0.1, 0.15) is 17.2 Å². The number of carbonyl (C=O) groups excluding carboxylic acids is 1. The van der Waals surface area contributed by atoms with E-state index >= 15 is 0 Å². The zero-order valence-electron chi connectivity index (χ0n) is 18.7. The Hall–Kier alpha value is -2.67. The third-order valence-corrected chi connectivity index (χ3v) is 8.42. The van der Waals surface area contributed by atoms with E-state index in [9.17, 15) is 30.8 Å². The van der Waals surface area contributed by atoms with Gasteiger partial charge in [0.15, 0.2) is 9.84 Å². The molecule has 0 fully saturated rings. The molecule has 4 rings (SSSR count). The molecule has 37 heavy (non-hydrogen) atoms. The summed E-state index contributed by atoms with van der Waals surface area (Å²) < 4.78 is 97.6. The molecular weight excluding hydrogens is 608 g/mol. The van der Waals surface area contributed by atoms with Gasteiger partial charge in [-0.15, -0.1) is 0 Å².